The van der Waals surface area contributed by atoms with Crippen LogP contribution in [0.2, 0.25) is 0 Å². The molecule has 0 fully saturated rings. The lowest BCUT2D eigenvalue weighted by Crippen LogP contribution is -2.20. The highest BCUT2D eigenvalue weighted by Crippen LogP contribution is 2.28. The van der Waals surface area contributed by atoms with Gasteiger partial charge in [-0.15, -0.1) is 0 Å². The number of ether oxygens (including phenoxy) is 1. The fourth-order valence-corrected chi connectivity index (χ4v) is 1.87. The highest BCUT2D eigenvalue weighted by atomic mass is 19.2. The molecule has 0 aromatic carbocycles. The zero-order valence-corrected chi connectivity index (χ0v) is 11.6. The summed E-state index contributed by atoms with van der Waals surface area (Å²) in [6.45, 7) is 7.48. The maximum atomic E-state index is 13.9. The number of halogens is 3. The lowest BCUT2D eigenvalue weighted by molar-refractivity contribution is 0.297. The topological polar surface area (TPSA) is 34.1 Å². The van der Waals surface area contributed by atoms with Gasteiger partial charge < -0.3 is 10.1 Å². The van der Waals surface area contributed by atoms with Crippen molar-refractivity contribution in [3.05, 3.63) is 17.6 Å². The molecule has 0 radical (unpaired) electrons. The Morgan fingerprint density at radius 1 is 1.16 bits per heavy atom. The molecule has 1 atom stereocenters. The summed E-state index contributed by atoms with van der Waals surface area (Å²) < 4.78 is 45.7. The summed E-state index contributed by atoms with van der Waals surface area (Å²) in [5.74, 6) is -3.87. The largest absolute Gasteiger partial charge is 0.476 e. The van der Waals surface area contributed by atoms with Crippen LogP contribution in [0.5, 0.6) is 5.88 Å². The van der Waals surface area contributed by atoms with Crippen LogP contribution in [0.3, 0.4) is 0 Å². The Hall–Kier alpha value is -1.46. The van der Waals surface area contributed by atoms with Gasteiger partial charge >= 0.3 is 0 Å². The number of anilines is 1. The Labute approximate surface area is 111 Å². The zero-order chi connectivity index (χ0) is 14.6. The van der Waals surface area contributed by atoms with Gasteiger partial charge in [0.05, 0.1) is 6.61 Å². The molecule has 0 spiro atoms. The van der Waals surface area contributed by atoms with Crippen molar-refractivity contribution in [2.45, 2.75) is 40.2 Å². The third kappa shape index (κ3) is 4.01. The lowest BCUT2D eigenvalue weighted by Gasteiger charge is -2.19. The van der Waals surface area contributed by atoms with Gasteiger partial charge in [-0.2, -0.15) is 18.2 Å². The van der Waals surface area contributed by atoms with Gasteiger partial charge in [0.2, 0.25) is 11.6 Å². The number of hydrogen-bond donors (Lipinski definition) is 1. The highest BCUT2D eigenvalue weighted by molar-refractivity contribution is 5.49. The number of hydrogen-bond acceptors (Lipinski definition) is 3. The minimum absolute atomic E-state index is 0.121. The van der Waals surface area contributed by atoms with Crippen molar-refractivity contribution in [1.29, 1.82) is 0 Å². The molecule has 1 heterocycles. The van der Waals surface area contributed by atoms with E-state index < -0.39 is 29.1 Å². The van der Waals surface area contributed by atoms with Crippen molar-refractivity contribution in [2.75, 3.05) is 11.9 Å². The van der Waals surface area contributed by atoms with E-state index in [9.17, 15) is 13.2 Å². The third-order valence-corrected chi connectivity index (χ3v) is 2.50. The summed E-state index contributed by atoms with van der Waals surface area (Å²) >= 11 is 0. The summed E-state index contributed by atoms with van der Waals surface area (Å²) in [7, 11) is 0. The van der Waals surface area contributed by atoms with E-state index in [4.69, 9.17) is 4.74 Å². The lowest BCUT2D eigenvalue weighted by atomic mass is 10.1. The molecule has 0 aliphatic carbocycles. The molecule has 1 aromatic rings. The standard InChI is InChI=1S/C13H19F3N2O/c1-5-19-13-10(15)11(9(14)12(16)18-13)17-8(4)6-7(2)3/h7-8H,5-6H2,1-4H3,(H,17,18)/t8-/m0/s1. The van der Waals surface area contributed by atoms with Crippen molar-refractivity contribution < 1.29 is 17.9 Å². The zero-order valence-electron chi connectivity index (χ0n) is 11.6. The van der Waals surface area contributed by atoms with Gasteiger partial charge in [-0.25, -0.2) is 0 Å². The Morgan fingerprint density at radius 3 is 2.32 bits per heavy atom. The van der Waals surface area contributed by atoms with Crippen molar-refractivity contribution in [1.82, 2.24) is 4.98 Å². The van der Waals surface area contributed by atoms with Crippen LogP contribution in [-0.4, -0.2) is 17.6 Å². The predicted molar refractivity (Wildman–Crippen MR) is 67.8 cm³/mol. The van der Waals surface area contributed by atoms with Crippen molar-refractivity contribution in [2.24, 2.45) is 5.92 Å². The Balaban J connectivity index is 3.04. The molecule has 19 heavy (non-hydrogen) atoms. The summed E-state index contributed by atoms with van der Waals surface area (Å²) in [5.41, 5.74) is -0.524. The van der Waals surface area contributed by atoms with Crippen LogP contribution in [0.4, 0.5) is 18.9 Å². The maximum absolute atomic E-state index is 13.9. The normalized spacial score (nSPS) is 12.6. The summed E-state index contributed by atoms with van der Waals surface area (Å²) in [6, 6.07) is -0.194. The molecule has 1 N–H and O–H groups in total. The second kappa shape index (κ2) is 6.63. The average Bonchev–Trinajstić information content (AvgIpc) is 2.31. The number of rotatable bonds is 6. The molecular formula is C13H19F3N2O. The first-order valence-electron chi connectivity index (χ1n) is 6.30. The number of aromatic nitrogens is 1. The second-order valence-corrected chi connectivity index (χ2v) is 4.82. The number of nitrogens with one attached hydrogen (secondary N) is 1. The first-order valence-corrected chi connectivity index (χ1v) is 6.30. The van der Waals surface area contributed by atoms with Gasteiger partial charge in [0, 0.05) is 6.04 Å². The average molecular weight is 276 g/mol. The molecule has 0 saturated carbocycles. The van der Waals surface area contributed by atoms with Crippen LogP contribution in [0.1, 0.15) is 34.1 Å². The van der Waals surface area contributed by atoms with E-state index in [1.807, 2.05) is 13.8 Å². The van der Waals surface area contributed by atoms with Crippen LogP contribution in [0.15, 0.2) is 0 Å². The van der Waals surface area contributed by atoms with Gasteiger partial charge in [-0.3, -0.25) is 0 Å². The quantitative estimate of drug-likeness (QED) is 0.804. The Bertz CT molecular complexity index is 438. The molecule has 108 valence electrons. The molecule has 1 aromatic heterocycles. The fraction of sp³-hybridized carbons (Fsp3) is 0.615. The number of nitrogens with zero attached hydrogens (tertiary/aromatic N) is 1. The second-order valence-electron chi connectivity index (χ2n) is 4.82. The van der Waals surface area contributed by atoms with E-state index in [2.05, 4.69) is 10.3 Å². The van der Waals surface area contributed by atoms with Crippen LogP contribution < -0.4 is 10.1 Å². The minimum atomic E-state index is -1.37. The van der Waals surface area contributed by atoms with E-state index in [0.29, 0.717) is 12.3 Å². The van der Waals surface area contributed by atoms with E-state index in [1.54, 1.807) is 13.8 Å². The molecule has 1 rings (SSSR count). The first-order chi connectivity index (χ1) is 8.86. The van der Waals surface area contributed by atoms with Crippen molar-refractivity contribution >= 4 is 5.69 Å². The smallest absolute Gasteiger partial charge is 0.255 e. The first kappa shape index (κ1) is 15.6. The minimum Gasteiger partial charge on any atom is -0.476 e. The maximum Gasteiger partial charge on any atom is 0.255 e. The Kier molecular flexibility index (Phi) is 5.44. The van der Waals surface area contributed by atoms with Crippen LogP contribution in [0, 0.1) is 23.5 Å². The van der Waals surface area contributed by atoms with E-state index in [-0.39, 0.29) is 12.6 Å². The summed E-state index contributed by atoms with van der Waals surface area (Å²) in [6.07, 6.45) is 0.701. The molecule has 6 heteroatoms. The van der Waals surface area contributed by atoms with Crippen LogP contribution >= 0.6 is 0 Å². The van der Waals surface area contributed by atoms with Crippen LogP contribution in [0.25, 0.3) is 0 Å². The van der Waals surface area contributed by atoms with E-state index >= 15 is 0 Å². The van der Waals surface area contributed by atoms with Crippen LogP contribution in [-0.2, 0) is 0 Å². The SMILES string of the molecule is CCOc1nc(F)c(F)c(N[C@@H](C)CC(C)C)c1F. The summed E-state index contributed by atoms with van der Waals surface area (Å²) in [5, 5.41) is 2.64. The molecular weight excluding hydrogens is 257 g/mol. The molecule has 3 nitrogen and oxygen atoms in total. The number of pyridine rings is 1. The fourth-order valence-electron chi connectivity index (χ4n) is 1.87. The van der Waals surface area contributed by atoms with Gasteiger partial charge in [-0.05, 0) is 26.2 Å². The Morgan fingerprint density at radius 2 is 1.79 bits per heavy atom. The molecule has 0 amide bonds. The van der Waals surface area contributed by atoms with Crippen molar-refractivity contribution in [3.8, 4) is 5.88 Å². The molecule has 0 bridgehead atoms. The van der Waals surface area contributed by atoms with Gasteiger partial charge in [0.15, 0.2) is 0 Å². The molecule has 0 aliphatic heterocycles. The molecule has 0 saturated heterocycles. The molecule has 0 unspecified atom stereocenters. The van der Waals surface area contributed by atoms with E-state index in [1.165, 1.54) is 0 Å². The third-order valence-electron chi connectivity index (χ3n) is 2.50. The van der Waals surface area contributed by atoms with Gasteiger partial charge in [0.25, 0.3) is 11.8 Å². The van der Waals surface area contributed by atoms with Crippen molar-refractivity contribution in [3.63, 3.8) is 0 Å². The van der Waals surface area contributed by atoms with Gasteiger partial charge in [0.1, 0.15) is 5.69 Å². The monoisotopic (exact) mass is 276 g/mol. The summed E-state index contributed by atoms with van der Waals surface area (Å²) in [4.78, 5) is 3.11. The predicted octanol–water partition coefficient (Wildman–Crippen LogP) is 3.74. The van der Waals surface area contributed by atoms with Gasteiger partial charge in [-0.1, -0.05) is 13.8 Å². The highest BCUT2D eigenvalue weighted by Gasteiger charge is 2.22. The molecule has 0 aliphatic rings. The van der Waals surface area contributed by atoms with E-state index in [0.717, 1.165) is 0 Å².